The summed E-state index contributed by atoms with van der Waals surface area (Å²) in [5.74, 6) is 0. The first-order valence-corrected chi connectivity index (χ1v) is 7.73. The molecule has 0 unspecified atom stereocenters. The fraction of sp³-hybridized carbons (Fsp3) is 0.429. The van der Waals surface area contributed by atoms with Crippen LogP contribution in [-0.4, -0.2) is 0 Å². The van der Waals surface area contributed by atoms with Crippen molar-refractivity contribution in [3.63, 3.8) is 0 Å². The Labute approximate surface area is 63.2 Å². The Morgan fingerprint density at radius 1 is 1.12 bits per heavy atom. The van der Waals surface area contributed by atoms with Gasteiger partial charge in [-0.2, -0.15) is 0 Å². The first-order chi connectivity index (χ1) is 3.91. The minimum atomic E-state index is 0.230. The number of allylic oxidation sites excluding steroid dienone is 4. The van der Waals surface area contributed by atoms with Gasteiger partial charge >= 0.3 is 32.5 Å². The van der Waals surface area contributed by atoms with Crippen molar-refractivity contribution in [3.8, 4) is 0 Å². The second-order valence-corrected chi connectivity index (χ2v) is 4.05. The molecule has 0 aliphatic heterocycles. The van der Waals surface area contributed by atoms with Crippen LogP contribution in [-0.2, 0) is 23.2 Å². The number of hydrogen-bond donors (Lipinski definition) is 0. The summed E-state index contributed by atoms with van der Waals surface area (Å²) < 4.78 is 4.59. The van der Waals surface area contributed by atoms with Gasteiger partial charge in [0.1, 0.15) is 0 Å². The van der Waals surface area contributed by atoms with Gasteiger partial charge in [0.25, 0.3) is 0 Å². The first-order valence-electron chi connectivity index (χ1n) is 2.82. The number of hydrogen-bond acceptors (Lipinski definition) is 0. The van der Waals surface area contributed by atoms with Crippen LogP contribution in [0.5, 0.6) is 0 Å². The molecular formula is C7H12Zr. The molecule has 0 radical (unpaired) electrons. The van der Waals surface area contributed by atoms with Crippen LogP contribution < -0.4 is 0 Å². The molecule has 8 heavy (non-hydrogen) atoms. The van der Waals surface area contributed by atoms with Gasteiger partial charge in [0.2, 0.25) is 0 Å². The van der Waals surface area contributed by atoms with E-state index in [0.717, 1.165) is 6.42 Å². The van der Waals surface area contributed by atoms with Gasteiger partial charge in [0, 0.05) is 0 Å². The van der Waals surface area contributed by atoms with Crippen molar-refractivity contribution >= 4 is 0 Å². The zero-order chi connectivity index (χ0) is 6.24. The second-order valence-electron chi connectivity index (χ2n) is 1.59. The van der Waals surface area contributed by atoms with Gasteiger partial charge in [-0.25, -0.2) is 0 Å². The Kier molecular flexibility index (Phi) is 7.70. The topological polar surface area (TPSA) is 0 Å². The molecule has 1 aliphatic rings. The third-order valence-electron chi connectivity index (χ3n) is 0.655. The maximum absolute atomic E-state index is 2.30. The van der Waals surface area contributed by atoms with E-state index in [9.17, 15) is 0 Å². The van der Waals surface area contributed by atoms with Gasteiger partial charge in [-0.05, 0) is 6.42 Å². The summed E-state index contributed by atoms with van der Waals surface area (Å²) in [6, 6.07) is 0. The van der Waals surface area contributed by atoms with E-state index < -0.39 is 0 Å². The van der Waals surface area contributed by atoms with Gasteiger partial charge < -0.3 is 0 Å². The van der Waals surface area contributed by atoms with E-state index in [4.69, 9.17) is 0 Å². The van der Waals surface area contributed by atoms with Gasteiger partial charge in [-0.1, -0.05) is 24.3 Å². The molecule has 0 bridgehead atoms. The van der Waals surface area contributed by atoms with Gasteiger partial charge in [-0.3, -0.25) is 0 Å². The monoisotopic (exact) mass is 186 g/mol. The molecule has 0 aromatic heterocycles. The van der Waals surface area contributed by atoms with Crippen molar-refractivity contribution in [1.29, 1.82) is 0 Å². The molecule has 0 nitrogen and oxygen atoms in total. The third-order valence-corrected chi connectivity index (χ3v) is 0.655. The second kappa shape index (κ2) is 7.36. The Bertz CT molecular complexity index is 72.4. The molecule has 44 valence electrons. The molecule has 0 saturated heterocycles. The van der Waals surface area contributed by atoms with E-state index in [-0.39, 0.29) is 23.2 Å². The molecule has 0 aromatic rings. The van der Waals surface area contributed by atoms with E-state index in [0.29, 0.717) is 0 Å². The molecule has 0 heterocycles. The average Bonchev–Trinajstić information content (AvgIpc) is 2.17. The van der Waals surface area contributed by atoms with Crippen molar-refractivity contribution in [2.75, 3.05) is 0 Å². The Balaban J connectivity index is 0.000000145. The van der Waals surface area contributed by atoms with E-state index in [1.807, 2.05) is 0 Å². The maximum atomic E-state index is 2.30. The zero-order valence-electron chi connectivity index (χ0n) is 5.52. The van der Waals surface area contributed by atoms with E-state index in [2.05, 4.69) is 33.6 Å². The van der Waals surface area contributed by atoms with Crippen LogP contribution in [0, 0.1) is 0 Å². The molecule has 0 spiro atoms. The normalized spacial score (nSPS) is 12.8. The van der Waals surface area contributed by atoms with E-state index in [1.165, 1.54) is 0 Å². The molecule has 0 N–H and O–H groups in total. The van der Waals surface area contributed by atoms with Crippen LogP contribution in [0.1, 0.15) is 6.42 Å². The van der Waals surface area contributed by atoms with Crippen LogP contribution in [0.25, 0.3) is 0 Å². The summed E-state index contributed by atoms with van der Waals surface area (Å²) in [6.45, 7) is 0. The van der Waals surface area contributed by atoms with Crippen molar-refractivity contribution < 1.29 is 23.2 Å². The van der Waals surface area contributed by atoms with Gasteiger partial charge in [0.15, 0.2) is 0 Å². The number of rotatable bonds is 0. The van der Waals surface area contributed by atoms with Crippen molar-refractivity contribution in [2.45, 2.75) is 15.7 Å². The van der Waals surface area contributed by atoms with Crippen molar-refractivity contribution in [1.82, 2.24) is 0 Å². The third kappa shape index (κ3) is 6.36. The van der Waals surface area contributed by atoms with Crippen LogP contribution in [0.15, 0.2) is 24.3 Å². The fourth-order valence-electron chi connectivity index (χ4n) is 0.393. The molecule has 0 saturated carbocycles. The SMILES string of the molecule is C1=CCC=C1.[CH3][Zr][CH3]. The molecule has 0 fully saturated rings. The molecule has 0 aromatic carbocycles. The molecule has 1 rings (SSSR count). The molecular weight excluding hydrogens is 175 g/mol. The Hall–Kier alpha value is 0.363. The van der Waals surface area contributed by atoms with Crippen LogP contribution in [0.3, 0.4) is 0 Å². The summed E-state index contributed by atoms with van der Waals surface area (Å²) in [5, 5.41) is 0. The quantitative estimate of drug-likeness (QED) is 0.547. The molecule has 0 amide bonds. The zero-order valence-corrected chi connectivity index (χ0v) is 7.97. The van der Waals surface area contributed by atoms with E-state index >= 15 is 0 Å². The van der Waals surface area contributed by atoms with Crippen molar-refractivity contribution in [3.05, 3.63) is 24.3 Å². The fourth-order valence-corrected chi connectivity index (χ4v) is 0.393. The van der Waals surface area contributed by atoms with Gasteiger partial charge in [-0.15, -0.1) is 0 Å². The van der Waals surface area contributed by atoms with Crippen LogP contribution in [0.4, 0.5) is 0 Å². The summed E-state index contributed by atoms with van der Waals surface area (Å²) in [7, 11) is 0. The molecule has 0 atom stereocenters. The Morgan fingerprint density at radius 2 is 1.50 bits per heavy atom. The van der Waals surface area contributed by atoms with Crippen LogP contribution >= 0.6 is 0 Å². The summed E-state index contributed by atoms with van der Waals surface area (Å²) in [6.07, 6.45) is 9.50. The van der Waals surface area contributed by atoms with E-state index in [1.54, 1.807) is 0 Å². The first kappa shape index (κ1) is 8.36. The predicted octanol–water partition coefficient (Wildman–Crippen LogP) is 2.67. The predicted molar refractivity (Wildman–Crippen MR) is 34.6 cm³/mol. The molecule has 1 aliphatic carbocycles. The van der Waals surface area contributed by atoms with Gasteiger partial charge in [0.05, 0.1) is 0 Å². The van der Waals surface area contributed by atoms with Crippen LogP contribution in [0.2, 0.25) is 9.26 Å². The minimum absolute atomic E-state index is 0.230. The Morgan fingerprint density at radius 3 is 1.62 bits per heavy atom. The molecule has 1 heteroatoms. The standard InChI is InChI=1S/C5H6.2CH3.Zr/c1-2-4-5-3-1;;;/h1-4H,5H2;2*1H3;. The summed E-state index contributed by atoms with van der Waals surface area (Å²) in [4.78, 5) is 0. The van der Waals surface area contributed by atoms with Crippen molar-refractivity contribution in [2.24, 2.45) is 0 Å². The summed E-state index contributed by atoms with van der Waals surface area (Å²) >= 11 is 0.230. The average molecular weight is 187 g/mol. The summed E-state index contributed by atoms with van der Waals surface area (Å²) in [5.41, 5.74) is 0.